The van der Waals surface area contributed by atoms with Crippen LogP contribution in [0.1, 0.15) is 26.2 Å². The second-order valence-corrected chi connectivity index (χ2v) is 4.99. The number of esters is 1. The smallest absolute Gasteiger partial charge is 0.333 e. The maximum atomic E-state index is 11.0. The predicted molar refractivity (Wildman–Crippen MR) is 62.5 cm³/mol. The summed E-state index contributed by atoms with van der Waals surface area (Å²) < 4.78 is 5.98. The third-order valence-corrected chi connectivity index (χ3v) is 2.05. The molecule has 0 fully saturated rings. The molecule has 0 saturated carbocycles. The average molecular weight is 294 g/mol. The first-order chi connectivity index (χ1) is 6.83. The first-order valence-corrected chi connectivity index (χ1v) is 5.46. The minimum absolute atomic E-state index is 0. The molecule has 0 atom stereocenters. The third-order valence-electron chi connectivity index (χ3n) is 2.05. The number of hydrogen-bond acceptors (Lipinski definition) is 2. The monoisotopic (exact) mass is 293 g/mol. The molecule has 0 unspecified atom stereocenters. The van der Waals surface area contributed by atoms with Crippen molar-refractivity contribution in [1.82, 2.24) is 0 Å². The molecule has 0 aromatic carbocycles. The standard InChI is InChI=1S/C12H24NO2.BrH/c1-11(2)12(14)15-10-8-6-7-9-13(3,4)5;/h1,6-10H2,2-5H3;1H/q+1;/p-1. The van der Waals surface area contributed by atoms with Crippen LogP contribution in [0.5, 0.6) is 0 Å². The first-order valence-electron chi connectivity index (χ1n) is 5.46. The van der Waals surface area contributed by atoms with Crippen molar-refractivity contribution in [3.8, 4) is 0 Å². The van der Waals surface area contributed by atoms with Crippen LogP contribution in [0, 0.1) is 0 Å². The zero-order valence-electron chi connectivity index (χ0n) is 10.9. The van der Waals surface area contributed by atoms with Crippen molar-refractivity contribution < 1.29 is 31.0 Å². The average Bonchev–Trinajstić information content (AvgIpc) is 2.08. The second-order valence-electron chi connectivity index (χ2n) is 4.99. The lowest BCUT2D eigenvalue weighted by Crippen LogP contribution is -3.00. The van der Waals surface area contributed by atoms with Gasteiger partial charge in [-0.2, -0.15) is 0 Å². The number of hydrogen-bond donors (Lipinski definition) is 0. The zero-order valence-corrected chi connectivity index (χ0v) is 12.5. The predicted octanol–water partition coefficient (Wildman–Crippen LogP) is -1.01. The quantitative estimate of drug-likeness (QED) is 0.260. The van der Waals surface area contributed by atoms with E-state index in [4.69, 9.17) is 4.74 Å². The highest BCUT2D eigenvalue weighted by molar-refractivity contribution is 5.86. The van der Waals surface area contributed by atoms with Gasteiger partial charge in [-0.3, -0.25) is 0 Å². The summed E-state index contributed by atoms with van der Waals surface area (Å²) >= 11 is 0. The first kappa shape index (κ1) is 18.0. The van der Waals surface area contributed by atoms with Gasteiger partial charge in [0.15, 0.2) is 0 Å². The van der Waals surface area contributed by atoms with Gasteiger partial charge in [-0.15, -0.1) is 0 Å². The molecule has 0 saturated heterocycles. The van der Waals surface area contributed by atoms with Gasteiger partial charge in [0.1, 0.15) is 0 Å². The van der Waals surface area contributed by atoms with Gasteiger partial charge in [-0.05, 0) is 26.2 Å². The fraction of sp³-hybridized carbons (Fsp3) is 0.750. The third kappa shape index (κ3) is 11.7. The Bertz CT molecular complexity index is 222. The summed E-state index contributed by atoms with van der Waals surface area (Å²) in [5, 5.41) is 0. The van der Waals surface area contributed by atoms with E-state index < -0.39 is 0 Å². The van der Waals surface area contributed by atoms with E-state index in [9.17, 15) is 4.79 Å². The highest BCUT2D eigenvalue weighted by Crippen LogP contribution is 2.02. The van der Waals surface area contributed by atoms with Crippen molar-refractivity contribution in [2.24, 2.45) is 0 Å². The van der Waals surface area contributed by atoms with E-state index in [-0.39, 0.29) is 23.0 Å². The highest BCUT2D eigenvalue weighted by Gasteiger charge is 2.06. The molecule has 0 aliphatic carbocycles. The van der Waals surface area contributed by atoms with Crippen LogP contribution in [-0.2, 0) is 9.53 Å². The van der Waals surface area contributed by atoms with E-state index in [2.05, 4.69) is 27.7 Å². The van der Waals surface area contributed by atoms with Crippen molar-refractivity contribution in [2.45, 2.75) is 26.2 Å². The summed E-state index contributed by atoms with van der Waals surface area (Å²) in [4.78, 5) is 11.0. The number of quaternary nitrogens is 1. The van der Waals surface area contributed by atoms with E-state index in [1.165, 1.54) is 6.42 Å². The van der Waals surface area contributed by atoms with E-state index in [0.717, 1.165) is 23.9 Å². The largest absolute Gasteiger partial charge is 1.00 e. The van der Waals surface area contributed by atoms with Crippen LogP contribution in [0.2, 0.25) is 0 Å². The Balaban J connectivity index is 0. The van der Waals surface area contributed by atoms with Gasteiger partial charge >= 0.3 is 5.97 Å². The van der Waals surface area contributed by atoms with E-state index in [0.29, 0.717) is 12.2 Å². The fourth-order valence-electron chi connectivity index (χ4n) is 1.15. The Kier molecular flexibility index (Phi) is 9.87. The molecule has 0 aliphatic heterocycles. The molecule has 0 aromatic heterocycles. The Morgan fingerprint density at radius 2 is 1.75 bits per heavy atom. The Morgan fingerprint density at radius 3 is 2.19 bits per heavy atom. The molecule has 4 heteroatoms. The van der Waals surface area contributed by atoms with Gasteiger partial charge in [0.05, 0.1) is 34.3 Å². The minimum Gasteiger partial charge on any atom is -1.00 e. The SMILES string of the molecule is C=C(C)C(=O)OCCCCC[N+](C)(C)C.[Br-]. The van der Waals surface area contributed by atoms with Gasteiger partial charge in [0, 0.05) is 5.57 Å². The summed E-state index contributed by atoms with van der Waals surface area (Å²) in [6.45, 7) is 6.87. The molecule has 0 N–H and O–H groups in total. The lowest BCUT2D eigenvalue weighted by molar-refractivity contribution is -0.870. The van der Waals surface area contributed by atoms with Crippen LogP contribution in [0.15, 0.2) is 12.2 Å². The summed E-state index contributed by atoms with van der Waals surface area (Å²) in [6, 6.07) is 0. The van der Waals surface area contributed by atoms with Gasteiger partial charge in [0.2, 0.25) is 0 Å². The molecule has 0 spiro atoms. The van der Waals surface area contributed by atoms with Gasteiger partial charge in [-0.25, -0.2) is 4.79 Å². The lowest BCUT2D eigenvalue weighted by atomic mass is 10.2. The second kappa shape index (κ2) is 8.76. The van der Waals surface area contributed by atoms with Crippen LogP contribution in [0.3, 0.4) is 0 Å². The Morgan fingerprint density at radius 1 is 1.19 bits per heavy atom. The number of carbonyl (C=O) groups is 1. The molecule has 0 bridgehead atoms. The lowest BCUT2D eigenvalue weighted by Gasteiger charge is -2.23. The minimum atomic E-state index is -0.276. The molecule has 0 amide bonds. The van der Waals surface area contributed by atoms with Crippen LogP contribution in [-0.4, -0.2) is 44.7 Å². The Hall–Kier alpha value is -0.350. The van der Waals surface area contributed by atoms with Crippen LogP contribution in [0.25, 0.3) is 0 Å². The number of ether oxygens (including phenoxy) is 1. The molecular formula is C12H24BrNO2. The van der Waals surface area contributed by atoms with Crippen molar-refractivity contribution in [1.29, 1.82) is 0 Å². The van der Waals surface area contributed by atoms with Crippen LogP contribution >= 0.6 is 0 Å². The van der Waals surface area contributed by atoms with Crippen LogP contribution in [0.4, 0.5) is 0 Å². The number of carbonyl (C=O) groups excluding carboxylic acids is 1. The normalized spacial score (nSPS) is 10.5. The van der Waals surface area contributed by atoms with Crippen molar-refractivity contribution in [3.63, 3.8) is 0 Å². The number of nitrogens with zero attached hydrogens (tertiary/aromatic N) is 1. The fourth-order valence-corrected chi connectivity index (χ4v) is 1.15. The van der Waals surface area contributed by atoms with E-state index >= 15 is 0 Å². The highest BCUT2D eigenvalue weighted by atomic mass is 79.9. The van der Waals surface area contributed by atoms with Gasteiger partial charge < -0.3 is 26.2 Å². The molecular weight excluding hydrogens is 270 g/mol. The maximum absolute atomic E-state index is 11.0. The summed E-state index contributed by atoms with van der Waals surface area (Å²) in [6.07, 6.45) is 3.23. The van der Waals surface area contributed by atoms with Crippen molar-refractivity contribution in [2.75, 3.05) is 34.3 Å². The molecule has 0 aromatic rings. The van der Waals surface area contributed by atoms with Gasteiger partial charge in [-0.1, -0.05) is 6.58 Å². The molecule has 0 aliphatic rings. The Labute approximate surface area is 110 Å². The van der Waals surface area contributed by atoms with Crippen LogP contribution < -0.4 is 17.0 Å². The summed E-state index contributed by atoms with van der Waals surface area (Å²) in [5.41, 5.74) is 0.473. The van der Waals surface area contributed by atoms with Crippen molar-refractivity contribution >= 4 is 5.97 Å². The van der Waals surface area contributed by atoms with E-state index in [1.807, 2.05) is 0 Å². The van der Waals surface area contributed by atoms with Crippen molar-refractivity contribution in [3.05, 3.63) is 12.2 Å². The van der Waals surface area contributed by atoms with Gasteiger partial charge in [0.25, 0.3) is 0 Å². The molecule has 96 valence electrons. The maximum Gasteiger partial charge on any atom is 0.333 e. The molecule has 0 rings (SSSR count). The number of halogens is 1. The topological polar surface area (TPSA) is 26.3 Å². The molecule has 3 nitrogen and oxygen atoms in total. The zero-order chi connectivity index (χ0) is 11.9. The number of unbranched alkanes of at least 4 members (excludes halogenated alkanes) is 2. The molecule has 16 heavy (non-hydrogen) atoms. The summed E-state index contributed by atoms with van der Waals surface area (Å²) in [5.74, 6) is -0.276. The van der Waals surface area contributed by atoms with E-state index in [1.54, 1.807) is 6.92 Å². The molecule has 0 heterocycles. The molecule has 0 radical (unpaired) electrons. The number of rotatable bonds is 7. The summed E-state index contributed by atoms with van der Waals surface area (Å²) in [7, 11) is 6.54.